The Hall–Kier alpha value is -3.75. The SMILES string of the molecule is CCOC(=O)N1CCN(C(=O)C2c3ccccc3C(=O)N3CCc4cc(OC)c(OC)cc4C23)CC1. The summed E-state index contributed by atoms with van der Waals surface area (Å²) in [5.74, 6) is 0.525. The molecule has 1 saturated heterocycles. The Balaban J connectivity index is 1.53. The molecule has 2 aromatic carbocycles. The van der Waals surface area contributed by atoms with Gasteiger partial charge in [0.2, 0.25) is 5.91 Å². The van der Waals surface area contributed by atoms with E-state index in [9.17, 15) is 14.4 Å². The summed E-state index contributed by atoms with van der Waals surface area (Å²) in [5.41, 5.74) is 3.27. The summed E-state index contributed by atoms with van der Waals surface area (Å²) in [4.78, 5) is 45.1. The summed E-state index contributed by atoms with van der Waals surface area (Å²) in [6.07, 6.45) is 0.311. The lowest BCUT2D eigenvalue weighted by molar-refractivity contribution is -0.136. The van der Waals surface area contributed by atoms with Crippen molar-refractivity contribution >= 4 is 17.9 Å². The van der Waals surface area contributed by atoms with E-state index in [0.717, 1.165) is 16.7 Å². The predicted molar refractivity (Wildman–Crippen MR) is 131 cm³/mol. The standard InChI is InChI=1S/C27H31N3O6/c1-4-36-27(33)29-13-11-28(12-14-29)26(32)23-18-7-5-6-8-19(18)25(31)30-10-9-17-15-21(34-2)22(35-3)16-20(17)24(23)30/h5-8,15-16,23-24H,4,9-14H2,1-3H3. The van der Waals surface area contributed by atoms with Gasteiger partial charge in [0.1, 0.15) is 0 Å². The first-order valence-corrected chi connectivity index (χ1v) is 12.3. The monoisotopic (exact) mass is 493 g/mol. The van der Waals surface area contributed by atoms with Crippen LogP contribution in [0.2, 0.25) is 0 Å². The van der Waals surface area contributed by atoms with Crippen LogP contribution >= 0.6 is 0 Å². The zero-order chi connectivity index (χ0) is 25.4. The number of methoxy groups -OCH3 is 2. The van der Waals surface area contributed by atoms with Crippen molar-refractivity contribution in [2.75, 3.05) is 53.6 Å². The second-order valence-corrected chi connectivity index (χ2v) is 9.18. The van der Waals surface area contributed by atoms with E-state index >= 15 is 0 Å². The Kier molecular flexibility index (Phi) is 6.47. The molecule has 0 saturated carbocycles. The van der Waals surface area contributed by atoms with E-state index in [0.29, 0.717) is 62.8 Å². The van der Waals surface area contributed by atoms with Gasteiger partial charge in [-0.1, -0.05) is 18.2 Å². The van der Waals surface area contributed by atoms with E-state index < -0.39 is 12.0 Å². The van der Waals surface area contributed by atoms with Crippen LogP contribution in [-0.2, 0) is 16.0 Å². The average Bonchev–Trinajstić information content (AvgIpc) is 2.92. The van der Waals surface area contributed by atoms with E-state index in [1.54, 1.807) is 37.0 Å². The molecule has 0 spiro atoms. The first kappa shape index (κ1) is 24.0. The highest BCUT2D eigenvalue weighted by Crippen LogP contribution is 2.48. The van der Waals surface area contributed by atoms with E-state index in [4.69, 9.17) is 14.2 Å². The molecule has 2 aromatic rings. The Morgan fingerprint density at radius 2 is 1.58 bits per heavy atom. The molecule has 190 valence electrons. The lowest BCUT2D eigenvalue weighted by atomic mass is 9.75. The number of rotatable bonds is 4. The molecule has 9 heteroatoms. The number of amides is 3. The Bertz CT molecular complexity index is 1190. The van der Waals surface area contributed by atoms with Gasteiger partial charge in [-0.3, -0.25) is 9.59 Å². The molecule has 3 heterocycles. The number of carbonyl (C=O) groups excluding carboxylic acids is 3. The number of piperazine rings is 1. The smallest absolute Gasteiger partial charge is 0.409 e. The summed E-state index contributed by atoms with van der Waals surface area (Å²) in [6.45, 7) is 4.25. The number of hydrogen-bond acceptors (Lipinski definition) is 6. The number of hydrogen-bond donors (Lipinski definition) is 0. The minimum atomic E-state index is -0.565. The number of fused-ring (bicyclic) bond motifs is 4. The molecule has 0 aromatic heterocycles. The topological polar surface area (TPSA) is 88.6 Å². The van der Waals surface area contributed by atoms with E-state index in [1.807, 2.05) is 35.2 Å². The first-order chi connectivity index (χ1) is 17.5. The van der Waals surface area contributed by atoms with Crippen molar-refractivity contribution in [3.63, 3.8) is 0 Å². The van der Waals surface area contributed by atoms with Gasteiger partial charge in [-0.25, -0.2) is 4.79 Å². The van der Waals surface area contributed by atoms with Crippen LogP contribution in [0.25, 0.3) is 0 Å². The summed E-state index contributed by atoms with van der Waals surface area (Å²) < 4.78 is 16.2. The second-order valence-electron chi connectivity index (χ2n) is 9.18. The molecule has 3 amide bonds. The van der Waals surface area contributed by atoms with Gasteiger partial charge in [-0.05, 0) is 48.2 Å². The van der Waals surface area contributed by atoms with Crippen molar-refractivity contribution in [2.45, 2.75) is 25.3 Å². The molecule has 3 aliphatic rings. The lowest BCUT2D eigenvalue weighted by Gasteiger charge is -2.47. The summed E-state index contributed by atoms with van der Waals surface area (Å²) >= 11 is 0. The summed E-state index contributed by atoms with van der Waals surface area (Å²) in [7, 11) is 3.18. The van der Waals surface area contributed by atoms with Crippen LogP contribution in [0.5, 0.6) is 11.5 Å². The van der Waals surface area contributed by atoms with Gasteiger partial charge >= 0.3 is 6.09 Å². The van der Waals surface area contributed by atoms with Crippen LogP contribution in [0.3, 0.4) is 0 Å². The summed E-state index contributed by atoms with van der Waals surface area (Å²) in [6, 6.07) is 10.8. The molecular weight excluding hydrogens is 462 g/mol. The number of ether oxygens (including phenoxy) is 3. The van der Waals surface area contributed by atoms with Gasteiger partial charge in [-0.15, -0.1) is 0 Å². The van der Waals surface area contributed by atoms with Gasteiger partial charge in [0, 0.05) is 38.3 Å². The molecule has 9 nitrogen and oxygen atoms in total. The van der Waals surface area contributed by atoms with Gasteiger partial charge in [0.05, 0.1) is 32.8 Å². The maximum absolute atomic E-state index is 14.2. The van der Waals surface area contributed by atoms with Crippen LogP contribution in [0, 0.1) is 0 Å². The quantitative estimate of drug-likeness (QED) is 0.651. The fourth-order valence-electron chi connectivity index (χ4n) is 5.64. The zero-order valence-corrected chi connectivity index (χ0v) is 20.9. The van der Waals surface area contributed by atoms with Gasteiger partial charge in [-0.2, -0.15) is 0 Å². The van der Waals surface area contributed by atoms with Crippen molar-refractivity contribution in [1.82, 2.24) is 14.7 Å². The van der Waals surface area contributed by atoms with E-state index in [1.165, 1.54) is 0 Å². The highest BCUT2D eigenvalue weighted by Gasteiger charge is 2.48. The van der Waals surface area contributed by atoms with Crippen LogP contribution in [0.4, 0.5) is 4.79 Å². The third-order valence-electron chi connectivity index (χ3n) is 7.41. The number of carbonyl (C=O) groups is 3. The molecule has 0 radical (unpaired) electrons. The van der Waals surface area contributed by atoms with Gasteiger partial charge < -0.3 is 28.9 Å². The molecule has 36 heavy (non-hydrogen) atoms. The maximum atomic E-state index is 14.2. The number of nitrogens with zero attached hydrogens (tertiary/aromatic N) is 3. The van der Waals surface area contributed by atoms with E-state index in [-0.39, 0.29) is 17.9 Å². The maximum Gasteiger partial charge on any atom is 0.409 e. The van der Waals surface area contributed by atoms with Crippen LogP contribution in [-0.4, -0.2) is 86.2 Å². The molecule has 1 fully saturated rings. The molecule has 0 N–H and O–H groups in total. The molecular formula is C27H31N3O6. The Morgan fingerprint density at radius 3 is 2.28 bits per heavy atom. The Labute approximate surface area is 210 Å². The average molecular weight is 494 g/mol. The van der Waals surface area contributed by atoms with Crippen LogP contribution < -0.4 is 9.47 Å². The van der Waals surface area contributed by atoms with Gasteiger partial charge in [0.25, 0.3) is 5.91 Å². The Morgan fingerprint density at radius 1 is 0.917 bits per heavy atom. The van der Waals surface area contributed by atoms with Gasteiger partial charge in [0.15, 0.2) is 11.5 Å². The minimum Gasteiger partial charge on any atom is -0.493 e. The fraction of sp³-hybridized carbons (Fsp3) is 0.444. The van der Waals surface area contributed by atoms with Crippen LogP contribution in [0.1, 0.15) is 45.9 Å². The molecule has 2 unspecified atom stereocenters. The highest BCUT2D eigenvalue weighted by atomic mass is 16.6. The molecule has 5 rings (SSSR count). The number of benzene rings is 2. The lowest BCUT2D eigenvalue weighted by Crippen LogP contribution is -2.55. The molecule has 2 atom stereocenters. The third kappa shape index (κ3) is 3.92. The second kappa shape index (κ2) is 9.72. The van der Waals surface area contributed by atoms with Crippen molar-refractivity contribution in [1.29, 1.82) is 0 Å². The molecule has 3 aliphatic heterocycles. The van der Waals surface area contributed by atoms with Crippen molar-refractivity contribution < 1.29 is 28.6 Å². The largest absolute Gasteiger partial charge is 0.493 e. The molecule has 0 bridgehead atoms. The van der Waals surface area contributed by atoms with Crippen molar-refractivity contribution in [3.05, 3.63) is 58.7 Å². The summed E-state index contributed by atoms with van der Waals surface area (Å²) in [5, 5.41) is 0. The highest BCUT2D eigenvalue weighted by molar-refractivity contribution is 6.01. The minimum absolute atomic E-state index is 0.0453. The normalized spacial score (nSPS) is 20.8. The van der Waals surface area contributed by atoms with E-state index in [2.05, 4.69) is 0 Å². The van der Waals surface area contributed by atoms with Crippen LogP contribution in [0.15, 0.2) is 36.4 Å². The molecule has 0 aliphatic carbocycles. The third-order valence-corrected chi connectivity index (χ3v) is 7.41. The van der Waals surface area contributed by atoms with Crippen molar-refractivity contribution in [3.8, 4) is 11.5 Å². The fourth-order valence-corrected chi connectivity index (χ4v) is 5.64. The van der Waals surface area contributed by atoms with Crippen molar-refractivity contribution in [2.24, 2.45) is 0 Å². The predicted octanol–water partition coefficient (Wildman–Crippen LogP) is 2.84. The first-order valence-electron chi connectivity index (χ1n) is 12.3. The zero-order valence-electron chi connectivity index (χ0n) is 20.9.